The van der Waals surface area contributed by atoms with Crippen molar-refractivity contribution < 1.29 is 44.6 Å². The third-order valence-corrected chi connectivity index (χ3v) is 8.38. The molecule has 0 aliphatic carbocycles. The minimum absolute atomic E-state index is 0. The summed E-state index contributed by atoms with van der Waals surface area (Å²) < 4.78 is 59.4. The van der Waals surface area contributed by atoms with Crippen LogP contribution >= 0.6 is 0 Å². The lowest BCUT2D eigenvalue weighted by Gasteiger charge is -2.39. The second-order valence-corrected chi connectivity index (χ2v) is 11.5. The Morgan fingerprint density at radius 2 is 1.57 bits per heavy atom. The number of aromatic nitrogens is 2. The Bertz CT molecular complexity index is 2020. The minimum atomic E-state index is -1.25. The molecule has 1 aliphatic heterocycles. The van der Waals surface area contributed by atoms with E-state index < -0.39 is 47.2 Å². The fourth-order valence-corrected chi connectivity index (χ4v) is 5.73. The highest BCUT2D eigenvalue weighted by Gasteiger charge is 2.34. The highest BCUT2D eigenvalue weighted by Crippen LogP contribution is 2.37. The van der Waals surface area contributed by atoms with E-state index in [0.717, 1.165) is 12.1 Å². The van der Waals surface area contributed by atoms with Gasteiger partial charge >= 0.3 is 12.1 Å². The summed E-state index contributed by atoms with van der Waals surface area (Å²) in [6, 6.07) is 8.60. The average molecular weight is 716 g/mol. The molecule has 0 bridgehead atoms. The number of rotatable bonds is 9. The smallest absolute Gasteiger partial charge is 0.407 e. The van der Waals surface area contributed by atoms with Crippen LogP contribution in [0.15, 0.2) is 59.4 Å². The van der Waals surface area contributed by atoms with Crippen LogP contribution in [0.5, 0.6) is 11.5 Å². The summed E-state index contributed by atoms with van der Waals surface area (Å²) in [6.07, 6.45) is -0.771. The van der Waals surface area contributed by atoms with Gasteiger partial charge in [-0.05, 0) is 56.3 Å². The Morgan fingerprint density at radius 3 is 2.20 bits per heavy atom. The van der Waals surface area contributed by atoms with Gasteiger partial charge in [-0.25, -0.2) is 32.4 Å². The summed E-state index contributed by atoms with van der Waals surface area (Å²) in [4.78, 5) is 60.5. The average Bonchev–Trinajstić information content (AvgIpc) is 3.13. The number of methoxy groups -OCH3 is 3. The van der Waals surface area contributed by atoms with E-state index in [0.29, 0.717) is 5.75 Å². The molecule has 2 N–H and O–H groups in total. The van der Waals surface area contributed by atoms with Gasteiger partial charge in [0.2, 0.25) is 5.91 Å². The third-order valence-electron chi connectivity index (χ3n) is 8.38. The number of alkyl carbamates (subject to hydrolysis) is 1. The number of halogens is 3. The van der Waals surface area contributed by atoms with Crippen molar-refractivity contribution in [2.75, 3.05) is 62.7 Å². The maximum atomic E-state index is 14.5. The van der Waals surface area contributed by atoms with Crippen LogP contribution in [0.3, 0.4) is 0 Å². The molecule has 1 aromatic heterocycles. The molecule has 1 saturated heterocycles. The molecule has 4 amide bonds. The molecule has 4 aromatic rings. The van der Waals surface area contributed by atoms with E-state index in [9.17, 15) is 32.3 Å². The Hall–Kier alpha value is -6.00. The largest absolute Gasteiger partial charge is 0.497 e. The van der Waals surface area contributed by atoms with Gasteiger partial charge in [0.15, 0.2) is 17.5 Å². The minimum Gasteiger partial charge on any atom is -0.497 e. The van der Waals surface area contributed by atoms with E-state index in [-0.39, 0.29) is 68.8 Å². The van der Waals surface area contributed by atoms with Crippen LogP contribution in [0.25, 0.3) is 10.9 Å². The molecule has 14 nitrogen and oxygen atoms in total. The van der Waals surface area contributed by atoms with Crippen LogP contribution in [0, 0.1) is 17.5 Å². The zero-order valence-corrected chi connectivity index (χ0v) is 28.4. The zero-order chi connectivity index (χ0) is 37.0. The molecular weight excluding hydrogens is 675 g/mol. The molecule has 274 valence electrons. The summed E-state index contributed by atoms with van der Waals surface area (Å²) >= 11 is 0. The first-order chi connectivity index (χ1) is 24.4. The van der Waals surface area contributed by atoms with Gasteiger partial charge in [-0.3, -0.25) is 14.5 Å². The Morgan fingerprint density at radius 1 is 0.902 bits per heavy atom. The summed E-state index contributed by atoms with van der Waals surface area (Å²) in [6.45, 7) is 3.49. The maximum absolute atomic E-state index is 14.5. The summed E-state index contributed by atoms with van der Waals surface area (Å²) in [7, 11) is 4.03. The number of piperazine rings is 1. The summed E-state index contributed by atoms with van der Waals surface area (Å²) in [5.41, 5.74) is -0.431. The van der Waals surface area contributed by atoms with Gasteiger partial charge in [-0.1, -0.05) is 0 Å². The van der Waals surface area contributed by atoms with E-state index >= 15 is 0 Å². The van der Waals surface area contributed by atoms with Gasteiger partial charge in [-0.2, -0.15) is 0 Å². The number of benzene rings is 3. The van der Waals surface area contributed by atoms with Crippen LogP contribution in [-0.4, -0.2) is 86.1 Å². The third kappa shape index (κ3) is 7.61. The van der Waals surface area contributed by atoms with Crippen LogP contribution in [0.4, 0.5) is 34.1 Å². The topological polar surface area (TPSA) is 148 Å². The number of fused-ring (bicyclic) bond motifs is 1. The second kappa shape index (κ2) is 15.3. The highest BCUT2D eigenvalue weighted by atomic mass is 19.2. The number of amides is 4. The molecule has 51 heavy (non-hydrogen) atoms. The number of nitrogens with one attached hydrogen (secondary N) is 2. The molecular formula is C34H40F3N7O7. The van der Waals surface area contributed by atoms with Crippen molar-refractivity contribution in [2.24, 2.45) is 0 Å². The molecule has 0 spiro atoms. The van der Waals surface area contributed by atoms with Crippen molar-refractivity contribution in [2.45, 2.75) is 25.9 Å². The highest BCUT2D eigenvalue weighted by molar-refractivity contribution is 6.03. The normalized spacial score (nSPS) is 14.0. The second-order valence-electron chi connectivity index (χ2n) is 11.5. The summed E-state index contributed by atoms with van der Waals surface area (Å²) in [5, 5.41) is 6.52. The van der Waals surface area contributed by atoms with Gasteiger partial charge in [0.1, 0.15) is 23.4 Å². The van der Waals surface area contributed by atoms with Crippen molar-refractivity contribution in [1.29, 1.82) is 0 Å². The molecule has 1 aliphatic rings. The quantitative estimate of drug-likeness (QED) is 0.253. The van der Waals surface area contributed by atoms with Gasteiger partial charge in [0, 0.05) is 33.8 Å². The number of hydrogen-bond acceptors (Lipinski definition) is 9. The molecule has 0 radical (unpaired) electrons. The number of urea groups is 1. The zero-order valence-electron chi connectivity index (χ0n) is 28.4. The van der Waals surface area contributed by atoms with Crippen molar-refractivity contribution in [3.8, 4) is 11.5 Å². The Kier molecular flexibility index (Phi) is 10.9. The Balaban J connectivity index is 0.00000378. The van der Waals surface area contributed by atoms with E-state index in [1.54, 1.807) is 30.1 Å². The predicted molar refractivity (Wildman–Crippen MR) is 186 cm³/mol. The number of carbonyl (C=O) groups excluding carboxylic acids is 3. The van der Waals surface area contributed by atoms with Crippen molar-refractivity contribution in [3.05, 3.63) is 88.2 Å². The van der Waals surface area contributed by atoms with Gasteiger partial charge in [0.25, 0.3) is 5.56 Å². The summed E-state index contributed by atoms with van der Waals surface area (Å²) in [5.74, 6) is -2.78. The van der Waals surface area contributed by atoms with Crippen molar-refractivity contribution in [3.63, 3.8) is 0 Å². The Labute approximate surface area is 293 Å². The number of carbonyl (C=O) groups is 3. The van der Waals surface area contributed by atoms with Crippen LogP contribution in [-0.2, 0) is 9.53 Å². The fourth-order valence-electron chi connectivity index (χ4n) is 5.73. The van der Waals surface area contributed by atoms with E-state index in [2.05, 4.69) is 20.4 Å². The van der Waals surface area contributed by atoms with Gasteiger partial charge in [0.05, 0.1) is 57.1 Å². The molecule has 0 saturated carbocycles. The van der Waals surface area contributed by atoms with Crippen LogP contribution in [0.1, 0.15) is 28.6 Å². The molecule has 1 unspecified atom stereocenters. The van der Waals surface area contributed by atoms with E-state index in [1.807, 2.05) is 0 Å². The number of ether oxygens (including phenoxy) is 3. The maximum Gasteiger partial charge on any atom is 0.407 e. The van der Waals surface area contributed by atoms with E-state index in [1.165, 1.54) is 67.0 Å². The molecule has 1 fully saturated rings. The lowest BCUT2D eigenvalue weighted by Crippen LogP contribution is -2.59. The predicted octanol–water partition coefficient (Wildman–Crippen LogP) is 4.65. The fraction of sp³-hybridized carbons (Fsp3) is 0.324. The lowest BCUT2D eigenvalue weighted by atomic mass is 10.1. The molecule has 3 aromatic carbocycles. The number of nitrogens with zero attached hydrogens (tertiary/aromatic N) is 5. The molecule has 17 heteroatoms. The SMILES string of the molecule is COC(=O)N[C@H](C)C(=O)N1CCN(n2c(C(C)N(C(=O)Nc3ccc(F)cc3)c3ccc(OC)cc3OC)nc3cc(F)c(F)cc3c2=O)CC1.[HH].[HH]. The monoisotopic (exact) mass is 715 g/mol. The number of anilines is 2. The lowest BCUT2D eigenvalue weighted by molar-refractivity contribution is -0.133. The molecule has 2 atom stereocenters. The van der Waals surface area contributed by atoms with Gasteiger partial charge < -0.3 is 34.8 Å². The first-order valence-electron chi connectivity index (χ1n) is 15.7. The van der Waals surface area contributed by atoms with Crippen molar-refractivity contribution >= 4 is 40.3 Å². The van der Waals surface area contributed by atoms with Gasteiger partial charge in [-0.15, -0.1) is 0 Å². The number of hydrogen-bond donors (Lipinski definition) is 2. The van der Waals surface area contributed by atoms with E-state index in [4.69, 9.17) is 9.47 Å². The molecule has 2 heterocycles. The first-order valence-corrected chi connectivity index (χ1v) is 15.7. The standard InChI is InChI=1S/C34H36F3N7O7.2H2/c1-19(38-34(48)51-5)31(45)41-12-14-42(15-13-41)44-30(40-27-18-26(37)25(36)17-24(27)32(44)46)20(2)43(28-11-10-23(49-3)16-29(28)50-4)33(47)39-22-8-6-21(35)7-9-22;;/h6-11,16-20H,12-15H2,1-5H3,(H,38,48)(H,39,47);2*1H/t19-,20?;;/m1../s1. The first kappa shape index (κ1) is 36.3. The van der Waals surface area contributed by atoms with Crippen LogP contribution < -0.4 is 35.6 Å². The van der Waals surface area contributed by atoms with Crippen LogP contribution in [0.2, 0.25) is 0 Å². The van der Waals surface area contributed by atoms with Crippen molar-refractivity contribution in [1.82, 2.24) is 19.9 Å². The molecule has 5 rings (SSSR count).